The van der Waals surface area contributed by atoms with Gasteiger partial charge in [-0.2, -0.15) is 0 Å². The molecule has 1 aromatic carbocycles. The van der Waals surface area contributed by atoms with Crippen molar-refractivity contribution in [2.75, 3.05) is 17.2 Å². The van der Waals surface area contributed by atoms with Gasteiger partial charge in [0.05, 0.1) is 0 Å². The van der Waals surface area contributed by atoms with Crippen LogP contribution in [-0.4, -0.2) is 40.8 Å². The Morgan fingerprint density at radius 3 is 2.11 bits per heavy atom. The SMILES string of the molecule is NC(=O)CS[As](SCC(N)=O)c1ccc(O)c(N)c1. The minimum atomic E-state index is -1.79. The first-order valence-electron chi connectivity index (χ1n) is 5.11. The molecule has 7 N–H and O–H groups in total. The summed E-state index contributed by atoms with van der Waals surface area (Å²) in [5.41, 5.74) is 16.2. The Morgan fingerprint density at radius 1 is 1.16 bits per heavy atom. The molecule has 0 fully saturated rings. The van der Waals surface area contributed by atoms with E-state index in [1.54, 1.807) is 12.1 Å². The van der Waals surface area contributed by atoms with Gasteiger partial charge < -0.3 is 0 Å². The fourth-order valence-corrected chi connectivity index (χ4v) is 12.3. The van der Waals surface area contributed by atoms with Crippen LogP contribution in [0.2, 0.25) is 0 Å². The Morgan fingerprint density at radius 2 is 1.68 bits per heavy atom. The molecule has 0 radical (unpaired) electrons. The monoisotopic (exact) mass is 363 g/mol. The van der Waals surface area contributed by atoms with Gasteiger partial charge in [0, 0.05) is 0 Å². The number of carbonyl (C=O) groups excluding carboxylic acids is 2. The molecule has 0 aliphatic rings. The summed E-state index contributed by atoms with van der Waals surface area (Å²) in [4.78, 5) is 21.7. The molecule has 0 bridgehead atoms. The summed E-state index contributed by atoms with van der Waals surface area (Å²) in [7, 11) is 2.86. The summed E-state index contributed by atoms with van der Waals surface area (Å²) < 4.78 is 0.931. The molecule has 0 heterocycles. The number of nitrogens with two attached hydrogens (primary N) is 3. The molecule has 0 aromatic heterocycles. The third kappa shape index (κ3) is 5.67. The van der Waals surface area contributed by atoms with E-state index in [1.165, 1.54) is 26.1 Å². The van der Waals surface area contributed by atoms with Gasteiger partial charge in [0.1, 0.15) is 0 Å². The average molecular weight is 363 g/mol. The number of rotatable bonds is 7. The molecule has 19 heavy (non-hydrogen) atoms. The van der Waals surface area contributed by atoms with E-state index in [2.05, 4.69) is 0 Å². The Hall–Kier alpha value is -0.982. The second kappa shape index (κ2) is 7.57. The summed E-state index contributed by atoms with van der Waals surface area (Å²) in [6.45, 7) is 0. The zero-order valence-corrected chi connectivity index (χ0v) is 13.4. The maximum absolute atomic E-state index is 10.9. The molecule has 0 saturated carbocycles. The number of nitrogen functional groups attached to an aromatic ring is 1. The number of amides is 2. The third-order valence-electron chi connectivity index (χ3n) is 1.87. The van der Waals surface area contributed by atoms with E-state index in [4.69, 9.17) is 17.2 Å². The molecule has 0 unspecified atom stereocenters. The number of aromatic hydroxyl groups is 1. The Kier molecular flexibility index (Phi) is 6.40. The van der Waals surface area contributed by atoms with Crippen molar-refractivity contribution in [1.82, 2.24) is 0 Å². The predicted octanol–water partition coefficient (Wildman–Crippen LogP) is -0.893. The zero-order valence-electron chi connectivity index (χ0n) is 9.91. The average Bonchev–Trinajstić information content (AvgIpc) is 2.32. The van der Waals surface area contributed by atoms with E-state index in [1.807, 2.05) is 0 Å². The molecular formula is C10H14AsN3O3S2. The number of benzene rings is 1. The van der Waals surface area contributed by atoms with Crippen molar-refractivity contribution in [1.29, 1.82) is 0 Å². The molecule has 0 saturated heterocycles. The topological polar surface area (TPSA) is 132 Å². The summed E-state index contributed by atoms with van der Waals surface area (Å²) in [5, 5.41) is 9.39. The predicted molar refractivity (Wildman–Crippen MR) is 81.2 cm³/mol. The van der Waals surface area contributed by atoms with Crippen LogP contribution in [-0.2, 0) is 9.59 Å². The van der Waals surface area contributed by atoms with Gasteiger partial charge in [-0.25, -0.2) is 0 Å². The van der Waals surface area contributed by atoms with Gasteiger partial charge in [-0.1, -0.05) is 0 Å². The van der Waals surface area contributed by atoms with Crippen molar-refractivity contribution in [2.24, 2.45) is 11.5 Å². The van der Waals surface area contributed by atoms with Crippen LogP contribution >= 0.6 is 20.0 Å². The molecule has 104 valence electrons. The summed E-state index contributed by atoms with van der Waals surface area (Å²) in [5.74, 6) is -0.428. The number of hydrogen-bond donors (Lipinski definition) is 4. The molecule has 1 rings (SSSR count). The normalized spacial score (nSPS) is 10.6. The Bertz CT molecular complexity index is 469. The number of anilines is 1. The quantitative estimate of drug-likeness (QED) is 0.282. The summed E-state index contributed by atoms with van der Waals surface area (Å²) >= 11 is -1.79. The van der Waals surface area contributed by atoms with Gasteiger partial charge in [0.25, 0.3) is 0 Å². The molecule has 0 aliphatic carbocycles. The molecule has 0 atom stereocenters. The number of hydrogen-bond acceptors (Lipinski definition) is 6. The van der Waals surface area contributed by atoms with E-state index in [0.29, 0.717) is 0 Å². The third-order valence-corrected chi connectivity index (χ3v) is 14.7. The standard InChI is InChI=1S/C10H14AsN3O3S2/c12-7-3-6(1-2-8(7)15)11(18-4-9(13)16)19-5-10(14)17/h1-3,15H,4-5,12H2,(H2,13,16)(H2,14,17). The van der Waals surface area contributed by atoms with Crippen LogP contribution in [0.3, 0.4) is 0 Å². The first kappa shape index (κ1) is 16.1. The fourth-order valence-electron chi connectivity index (χ4n) is 1.09. The van der Waals surface area contributed by atoms with Gasteiger partial charge in [-0.15, -0.1) is 0 Å². The van der Waals surface area contributed by atoms with Gasteiger partial charge in [-0.3, -0.25) is 0 Å². The van der Waals surface area contributed by atoms with E-state index < -0.39 is 24.2 Å². The number of primary amides is 2. The van der Waals surface area contributed by atoms with Crippen LogP contribution < -0.4 is 21.6 Å². The van der Waals surface area contributed by atoms with Crippen LogP contribution in [0, 0.1) is 0 Å². The van der Waals surface area contributed by atoms with Crippen molar-refractivity contribution in [3.05, 3.63) is 18.2 Å². The van der Waals surface area contributed by atoms with Crippen LogP contribution in [0.25, 0.3) is 0 Å². The van der Waals surface area contributed by atoms with E-state index >= 15 is 0 Å². The van der Waals surface area contributed by atoms with Crippen LogP contribution in [0.4, 0.5) is 5.69 Å². The molecule has 9 heteroatoms. The molecule has 6 nitrogen and oxygen atoms in total. The van der Waals surface area contributed by atoms with Gasteiger partial charge in [-0.05, 0) is 0 Å². The second-order valence-electron chi connectivity index (χ2n) is 3.48. The molecular weight excluding hydrogens is 349 g/mol. The maximum atomic E-state index is 10.9. The van der Waals surface area contributed by atoms with Crippen molar-refractivity contribution in [3.63, 3.8) is 0 Å². The van der Waals surface area contributed by atoms with E-state index in [9.17, 15) is 14.7 Å². The molecule has 0 aliphatic heterocycles. The van der Waals surface area contributed by atoms with Gasteiger partial charge in [0.2, 0.25) is 0 Å². The van der Waals surface area contributed by atoms with E-state index in [-0.39, 0.29) is 22.9 Å². The second-order valence-corrected chi connectivity index (χ2v) is 15.0. The first-order valence-corrected chi connectivity index (χ1v) is 12.5. The molecule has 1 aromatic rings. The summed E-state index contributed by atoms with van der Waals surface area (Å²) in [6.07, 6.45) is 0. The number of phenolic OH excluding ortho intramolecular Hbond substituents is 1. The van der Waals surface area contributed by atoms with Crippen LogP contribution in [0.1, 0.15) is 0 Å². The number of carbonyl (C=O) groups is 2. The van der Waals surface area contributed by atoms with Crippen LogP contribution in [0.5, 0.6) is 5.75 Å². The van der Waals surface area contributed by atoms with E-state index in [0.717, 1.165) is 4.35 Å². The Balaban J connectivity index is 2.83. The zero-order chi connectivity index (χ0) is 14.4. The molecule has 0 spiro atoms. The van der Waals surface area contributed by atoms with Crippen molar-refractivity contribution in [3.8, 4) is 5.75 Å². The summed E-state index contributed by atoms with van der Waals surface area (Å²) in [6, 6.07) is 4.91. The van der Waals surface area contributed by atoms with Gasteiger partial charge in [0.15, 0.2) is 0 Å². The first-order chi connectivity index (χ1) is 8.90. The fraction of sp³-hybridized carbons (Fsp3) is 0.200. The van der Waals surface area contributed by atoms with Crippen molar-refractivity contribution >= 4 is 54.2 Å². The molecule has 2 amide bonds. The minimum absolute atomic E-state index is 0.0116. The number of phenols is 1. The van der Waals surface area contributed by atoms with Crippen molar-refractivity contribution < 1.29 is 14.7 Å². The van der Waals surface area contributed by atoms with Crippen molar-refractivity contribution in [2.45, 2.75) is 0 Å². The van der Waals surface area contributed by atoms with Gasteiger partial charge >= 0.3 is 122 Å². The Labute approximate surface area is 121 Å². The van der Waals surface area contributed by atoms with Crippen LogP contribution in [0.15, 0.2) is 18.2 Å².